The molecule has 0 aliphatic carbocycles. The van der Waals surface area contributed by atoms with Crippen molar-refractivity contribution in [1.29, 1.82) is 0 Å². The molecule has 0 radical (unpaired) electrons. The molecular weight excluding hydrogens is 314 g/mol. The van der Waals surface area contributed by atoms with Gasteiger partial charge in [-0.2, -0.15) is 0 Å². The van der Waals surface area contributed by atoms with Crippen molar-refractivity contribution >= 4 is 11.9 Å². The first-order valence-corrected chi connectivity index (χ1v) is 8.53. The quantitative estimate of drug-likeness (QED) is 0.797. The number of nitrogens with zero attached hydrogens (tertiary/aromatic N) is 4. The summed E-state index contributed by atoms with van der Waals surface area (Å²) in [6.07, 6.45) is 3.18. The van der Waals surface area contributed by atoms with Crippen LogP contribution in [0, 0.1) is 0 Å². The number of hydrogen-bond donors (Lipinski definition) is 1. The third-order valence-electron chi connectivity index (χ3n) is 3.82. The lowest BCUT2D eigenvalue weighted by atomic mass is 10.2. The van der Waals surface area contributed by atoms with E-state index in [0.717, 1.165) is 13.1 Å². The number of carbonyl (C=O) groups is 1. The summed E-state index contributed by atoms with van der Waals surface area (Å²) in [6.45, 7) is 6.33. The Morgan fingerprint density at radius 3 is 2.32 bits per heavy atom. The zero-order valence-electron chi connectivity index (χ0n) is 15.4. The molecule has 25 heavy (non-hydrogen) atoms. The predicted molar refractivity (Wildman–Crippen MR) is 101 cm³/mol. The monoisotopic (exact) mass is 341 g/mol. The molecule has 0 spiro atoms. The first-order valence-electron chi connectivity index (χ1n) is 8.53. The second kappa shape index (κ2) is 9.13. The van der Waals surface area contributed by atoms with Gasteiger partial charge in [0.05, 0.1) is 5.56 Å². The molecule has 6 heteroatoms. The minimum Gasteiger partial charge on any atom is -0.351 e. The van der Waals surface area contributed by atoms with Crippen LogP contribution >= 0.6 is 0 Å². The van der Waals surface area contributed by atoms with Crippen LogP contribution in [0.5, 0.6) is 0 Å². The zero-order valence-corrected chi connectivity index (χ0v) is 15.4. The second-order valence-electron chi connectivity index (χ2n) is 6.54. The predicted octanol–water partition coefficient (Wildman–Crippen LogP) is 2.18. The topological polar surface area (TPSA) is 61.4 Å². The number of carbonyl (C=O) groups excluding carboxylic acids is 1. The lowest BCUT2D eigenvalue weighted by Crippen LogP contribution is -2.33. The number of hydrogen-bond acceptors (Lipinski definition) is 5. The number of rotatable bonds is 8. The average Bonchev–Trinajstić information content (AvgIpc) is 2.60. The smallest absolute Gasteiger partial charge is 0.254 e. The first kappa shape index (κ1) is 18.9. The van der Waals surface area contributed by atoms with Gasteiger partial charge < -0.3 is 15.1 Å². The molecule has 6 nitrogen and oxygen atoms in total. The molecule has 1 aromatic heterocycles. The molecule has 2 rings (SSSR count). The highest BCUT2D eigenvalue weighted by molar-refractivity contribution is 5.93. The van der Waals surface area contributed by atoms with E-state index < -0.39 is 0 Å². The normalized spacial score (nSPS) is 11.0. The lowest BCUT2D eigenvalue weighted by Gasteiger charge is -2.26. The Kier molecular flexibility index (Phi) is 6.89. The third-order valence-corrected chi connectivity index (χ3v) is 3.82. The summed E-state index contributed by atoms with van der Waals surface area (Å²) in [4.78, 5) is 25.0. The molecule has 0 bridgehead atoms. The standard InChI is InChI=1S/C19H27N5O/c1-15(2)24(14-16-8-6-5-7-9-16)19-21-12-17(13-22-19)18(25)20-10-11-23(3)4/h5-9,12-13,15H,10-11,14H2,1-4H3,(H,20,25). The Bertz CT molecular complexity index is 655. The van der Waals surface area contributed by atoms with Gasteiger partial charge in [-0.1, -0.05) is 30.3 Å². The SMILES string of the molecule is CC(C)N(Cc1ccccc1)c1ncc(C(=O)NCCN(C)C)cn1. The molecular formula is C19H27N5O. The van der Waals surface area contributed by atoms with Gasteiger partial charge in [-0.15, -0.1) is 0 Å². The molecule has 0 saturated carbocycles. The molecule has 1 aromatic carbocycles. The Morgan fingerprint density at radius 2 is 1.76 bits per heavy atom. The Labute approximate surface area is 149 Å². The van der Waals surface area contributed by atoms with E-state index in [9.17, 15) is 4.79 Å². The van der Waals surface area contributed by atoms with Gasteiger partial charge in [-0.3, -0.25) is 4.79 Å². The van der Waals surface area contributed by atoms with E-state index in [1.54, 1.807) is 12.4 Å². The Balaban J connectivity index is 2.04. The molecule has 1 amide bonds. The molecule has 0 fully saturated rings. The number of likely N-dealkylation sites (N-methyl/N-ethyl adjacent to an activating group) is 1. The van der Waals surface area contributed by atoms with Crippen molar-refractivity contribution in [3.05, 3.63) is 53.9 Å². The molecule has 0 aliphatic rings. The van der Waals surface area contributed by atoms with Crippen LogP contribution in [0.1, 0.15) is 29.8 Å². The van der Waals surface area contributed by atoms with Crippen molar-refractivity contribution in [2.45, 2.75) is 26.4 Å². The fourth-order valence-electron chi connectivity index (χ4n) is 2.35. The average molecular weight is 341 g/mol. The van der Waals surface area contributed by atoms with Crippen LogP contribution in [-0.2, 0) is 6.54 Å². The molecule has 0 aliphatic heterocycles. The number of nitrogens with one attached hydrogen (secondary N) is 1. The highest BCUT2D eigenvalue weighted by Crippen LogP contribution is 2.15. The Morgan fingerprint density at radius 1 is 1.12 bits per heavy atom. The largest absolute Gasteiger partial charge is 0.351 e. The van der Waals surface area contributed by atoms with Crippen LogP contribution in [0.25, 0.3) is 0 Å². The number of anilines is 1. The van der Waals surface area contributed by atoms with Crippen molar-refractivity contribution in [3.8, 4) is 0 Å². The Hall–Kier alpha value is -2.47. The van der Waals surface area contributed by atoms with Gasteiger partial charge in [0.15, 0.2) is 0 Å². The fourth-order valence-corrected chi connectivity index (χ4v) is 2.35. The van der Waals surface area contributed by atoms with E-state index in [2.05, 4.69) is 46.2 Å². The van der Waals surface area contributed by atoms with Gasteiger partial charge >= 0.3 is 0 Å². The van der Waals surface area contributed by atoms with Crippen LogP contribution in [0.2, 0.25) is 0 Å². The maximum Gasteiger partial charge on any atom is 0.254 e. The van der Waals surface area contributed by atoms with E-state index in [4.69, 9.17) is 0 Å². The third kappa shape index (κ3) is 5.83. The fraction of sp³-hybridized carbons (Fsp3) is 0.421. The summed E-state index contributed by atoms with van der Waals surface area (Å²) in [5.41, 5.74) is 1.68. The van der Waals surface area contributed by atoms with Crippen LogP contribution in [0.4, 0.5) is 5.95 Å². The van der Waals surface area contributed by atoms with E-state index >= 15 is 0 Å². The molecule has 0 unspecified atom stereocenters. The van der Waals surface area contributed by atoms with Crippen LogP contribution in [0.15, 0.2) is 42.7 Å². The first-order chi connectivity index (χ1) is 12.0. The van der Waals surface area contributed by atoms with Crippen molar-refractivity contribution < 1.29 is 4.79 Å². The lowest BCUT2D eigenvalue weighted by molar-refractivity contribution is 0.0950. The van der Waals surface area contributed by atoms with Gasteiger partial charge in [-0.05, 0) is 33.5 Å². The van der Waals surface area contributed by atoms with Gasteiger partial charge in [-0.25, -0.2) is 9.97 Å². The van der Waals surface area contributed by atoms with E-state index in [1.807, 2.05) is 37.2 Å². The molecule has 1 N–H and O–H groups in total. The second-order valence-corrected chi connectivity index (χ2v) is 6.54. The van der Waals surface area contributed by atoms with Gasteiger partial charge in [0, 0.05) is 38.1 Å². The summed E-state index contributed by atoms with van der Waals surface area (Å²) in [7, 11) is 3.94. The summed E-state index contributed by atoms with van der Waals surface area (Å²) in [5.74, 6) is 0.483. The van der Waals surface area contributed by atoms with E-state index in [1.165, 1.54) is 5.56 Å². The molecule has 134 valence electrons. The summed E-state index contributed by atoms with van der Waals surface area (Å²) in [5, 5.41) is 2.87. The van der Waals surface area contributed by atoms with Crippen LogP contribution in [0.3, 0.4) is 0 Å². The van der Waals surface area contributed by atoms with Crippen molar-refractivity contribution in [1.82, 2.24) is 20.2 Å². The molecule has 2 aromatic rings. The van der Waals surface area contributed by atoms with Crippen molar-refractivity contribution in [2.75, 3.05) is 32.1 Å². The van der Waals surface area contributed by atoms with Crippen molar-refractivity contribution in [2.24, 2.45) is 0 Å². The van der Waals surface area contributed by atoms with Gasteiger partial charge in [0.25, 0.3) is 5.91 Å². The summed E-state index contributed by atoms with van der Waals surface area (Å²) in [6, 6.07) is 10.5. The van der Waals surface area contributed by atoms with E-state index in [-0.39, 0.29) is 11.9 Å². The highest BCUT2D eigenvalue weighted by atomic mass is 16.1. The minimum atomic E-state index is -0.146. The van der Waals surface area contributed by atoms with Gasteiger partial charge in [0.1, 0.15) is 0 Å². The number of aromatic nitrogens is 2. The molecule has 1 heterocycles. The van der Waals surface area contributed by atoms with E-state index in [0.29, 0.717) is 18.1 Å². The van der Waals surface area contributed by atoms with Crippen molar-refractivity contribution in [3.63, 3.8) is 0 Å². The minimum absolute atomic E-state index is 0.146. The maximum absolute atomic E-state index is 12.1. The highest BCUT2D eigenvalue weighted by Gasteiger charge is 2.15. The summed E-state index contributed by atoms with van der Waals surface area (Å²) < 4.78 is 0. The summed E-state index contributed by atoms with van der Waals surface area (Å²) >= 11 is 0. The van der Waals surface area contributed by atoms with Crippen LogP contribution in [-0.4, -0.2) is 54.0 Å². The number of benzene rings is 1. The maximum atomic E-state index is 12.1. The number of amides is 1. The van der Waals surface area contributed by atoms with Gasteiger partial charge in [0.2, 0.25) is 5.95 Å². The van der Waals surface area contributed by atoms with Crippen LogP contribution < -0.4 is 10.2 Å². The molecule has 0 atom stereocenters. The zero-order chi connectivity index (χ0) is 18.2. The molecule has 0 saturated heterocycles.